The van der Waals surface area contributed by atoms with Crippen molar-refractivity contribution >= 4 is 5.91 Å². The molecule has 0 aromatic rings. The molecule has 5 heteroatoms. The van der Waals surface area contributed by atoms with Crippen LogP contribution in [-0.4, -0.2) is 46.1 Å². The van der Waals surface area contributed by atoms with Gasteiger partial charge in [-0.25, -0.2) is 0 Å². The van der Waals surface area contributed by atoms with E-state index in [-0.39, 0.29) is 18.9 Å². The molecule has 0 saturated heterocycles. The smallest absolute Gasteiger partial charge is 0.222 e. The molecule has 0 spiro atoms. The monoisotopic (exact) mass is 1060 g/mol. The molecule has 5 nitrogen and oxygen atoms in total. The summed E-state index contributed by atoms with van der Waals surface area (Å²) >= 11 is 0. The zero-order valence-corrected chi connectivity index (χ0v) is 51.5. The zero-order chi connectivity index (χ0) is 54.3. The molecule has 4 N–H and O–H groups in total. The standard InChI is InChI=1S/C70H139NO4/c1-3-5-7-9-11-13-15-17-19-21-23-25-27-28-29-30-31-32-33-34-35-36-37-38-39-40-42-43-45-47-49-51-53-55-57-59-61-63-67(73)65-70(75)71-68(66-72)69(74)64-62-60-58-56-54-52-50-48-46-44-41-26-24-22-20-18-16-14-12-10-8-6-4-2/h62,64,67-69,72-74H,3-61,63,65-66H2,1-2H3,(H,71,75)/b64-62+. The predicted octanol–water partition coefficient (Wildman–Crippen LogP) is 22.6. The Morgan fingerprint density at radius 1 is 0.333 bits per heavy atom. The van der Waals surface area contributed by atoms with Gasteiger partial charge in [0.05, 0.1) is 31.3 Å². The lowest BCUT2D eigenvalue weighted by molar-refractivity contribution is -0.124. The van der Waals surface area contributed by atoms with Gasteiger partial charge in [0.25, 0.3) is 0 Å². The van der Waals surface area contributed by atoms with Crippen molar-refractivity contribution in [3.05, 3.63) is 12.2 Å². The average molecular weight is 1060 g/mol. The molecule has 0 aliphatic heterocycles. The highest BCUT2D eigenvalue weighted by Gasteiger charge is 2.20. The Balaban J connectivity index is 3.44. The summed E-state index contributed by atoms with van der Waals surface area (Å²) in [6.45, 7) is 4.27. The maximum Gasteiger partial charge on any atom is 0.222 e. The zero-order valence-electron chi connectivity index (χ0n) is 51.5. The lowest BCUT2D eigenvalue weighted by Gasteiger charge is -2.21. The fourth-order valence-electron chi connectivity index (χ4n) is 11.5. The Hall–Kier alpha value is -0.910. The van der Waals surface area contributed by atoms with E-state index in [0.717, 1.165) is 25.7 Å². The van der Waals surface area contributed by atoms with Crippen molar-refractivity contribution in [2.45, 2.75) is 424 Å². The number of hydrogen-bond acceptors (Lipinski definition) is 4. The number of nitrogens with one attached hydrogen (secondary N) is 1. The third-order valence-electron chi connectivity index (χ3n) is 16.8. The fourth-order valence-corrected chi connectivity index (χ4v) is 11.5. The predicted molar refractivity (Wildman–Crippen MR) is 333 cm³/mol. The summed E-state index contributed by atoms with van der Waals surface area (Å²) in [5, 5.41) is 33.6. The minimum absolute atomic E-state index is 0.0199. The molecular weight excluding hydrogens is 919 g/mol. The first-order chi connectivity index (χ1) is 37.0. The molecule has 0 radical (unpaired) electrons. The lowest BCUT2D eigenvalue weighted by Crippen LogP contribution is -2.45. The molecule has 0 aliphatic rings. The maximum atomic E-state index is 12.6. The maximum absolute atomic E-state index is 12.6. The second-order valence-electron chi connectivity index (χ2n) is 24.5. The van der Waals surface area contributed by atoms with Crippen LogP contribution < -0.4 is 5.32 Å². The van der Waals surface area contributed by atoms with E-state index in [2.05, 4.69) is 19.2 Å². The van der Waals surface area contributed by atoms with Crippen molar-refractivity contribution < 1.29 is 20.1 Å². The molecule has 0 bridgehead atoms. The second-order valence-corrected chi connectivity index (χ2v) is 24.5. The molecule has 75 heavy (non-hydrogen) atoms. The normalized spacial score (nSPS) is 13.1. The van der Waals surface area contributed by atoms with Crippen LogP contribution in [0, 0.1) is 0 Å². The molecule has 0 aromatic heterocycles. The van der Waals surface area contributed by atoms with Crippen LogP contribution in [0.5, 0.6) is 0 Å². The van der Waals surface area contributed by atoms with Gasteiger partial charge in [0.1, 0.15) is 0 Å². The summed E-state index contributed by atoms with van der Waals surface area (Å²) < 4.78 is 0. The van der Waals surface area contributed by atoms with Crippen LogP contribution in [0.1, 0.15) is 406 Å². The summed E-state index contributed by atoms with van der Waals surface area (Å²) in [5.74, 6) is -0.306. The molecule has 0 rings (SSSR count). The number of carbonyl (C=O) groups is 1. The van der Waals surface area contributed by atoms with Gasteiger partial charge in [-0.05, 0) is 19.3 Å². The molecule has 0 fully saturated rings. The van der Waals surface area contributed by atoms with E-state index in [1.807, 2.05) is 6.08 Å². The van der Waals surface area contributed by atoms with Gasteiger partial charge in [-0.1, -0.05) is 392 Å². The Bertz CT molecular complexity index is 1080. The fraction of sp³-hybridized carbons (Fsp3) is 0.957. The van der Waals surface area contributed by atoms with Gasteiger partial charge in [-0.3, -0.25) is 4.79 Å². The molecule has 448 valence electrons. The van der Waals surface area contributed by atoms with E-state index in [0.29, 0.717) is 6.42 Å². The van der Waals surface area contributed by atoms with Crippen LogP contribution in [0.2, 0.25) is 0 Å². The summed E-state index contributed by atoms with van der Waals surface area (Å²) in [4.78, 5) is 12.6. The number of amides is 1. The van der Waals surface area contributed by atoms with Crippen molar-refractivity contribution in [2.75, 3.05) is 6.61 Å². The molecule has 3 unspecified atom stereocenters. The number of hydrogen-bond donors (Lipinski definition) is 4. The van der Waals surface area contributed by atoms with Gasteiger partial charge in [0.15, 0.2) is 0 Å². The molecule has 0 saturated carbocycles. The molecular formula is C70H139NO4. The van der Waals surface area contributed by atoms with Crippen LogP contribution in [0.3, 0.4) is 0 Å². The van der Waals surface area contributed by atoms with Crippen LogP contribution in [0.25, 0.3) is 0 Å². The summed E-state index contributed by atoms with van der Waals surface area (Å²) in [6, 6.07) is -0.742. The molecule has 1 amide bonds. The van der Waals surface area contributed by atoms with E-state index in [4.69, 9.17) is 0 Å². The van der Waals surface area contributed by atoms with Gasteiger partial charge < -0.3 is 20.6 Å². The van der Waals surface area contributed by atoms with E-state index in [1.165, 1.54) is 353 Å². The average Bonchev–Trinajstić information content (AvgIpc) is 3.41. The topological polar surface area (TPSA) is 89.8 Å². The van der Waals surface area contributed by atoms with E-state index in [1.54, 1.807) is 6.08 Å². The summed E-state index contributed by atoms with van der Waals surface area (Å²) in [6.07, 6.45) is 84.7. The van der Waals surface area contributed by atoms with E-state index < -0.39 is 18.2 Å². The second kappa shape index (κ2) is 65.6. The first-order valence-electron chi connectivity index (χ1n) is 35.0. The number of unbranched alkanes of at least 4 members (excludes halogenated alkanes) is 57. The van der Waals surface area contributed by atoms with Gasteiger partial charge in [0.2, 0.25) is 5.91 Å². The van der Waals surface area contributed by atoms with Gasteiger partial charge in [-0.2, -0.15) is 0 Å². The number of allylic oxidation sites excluding steroid dienone is 1. The number of rotatable bonds is 66. The van der Waals surface area contributed by atoms with Crippen LogP contribution in [0.15, 0.2) is 12.2 Å². The Kier molecular flexibility index (Phi) is 64.8. The molecule has 0 aromatic carbocycles. The van der Waals surface area contributed by atoms with Gasteiger partial charge in [-0.15, -0.1) is 0 Å². The lowest BCUT2D eigenvalue weighted by atomic mass is 10.0. The highest BCUT2D eigenvalue weighted by molar-refractivity contribution is 5.76. The molecule has 0 aliphatic carbocycles. The highest BCUT2D eigenvalue weighted by Crippen LogP contribution is 2.20. The van der Waals surface area contributed by atoms with Crippen molar-refractivity contribution in [3.8, 4) is 0 Å². The summed E-state index contributed by atoms with van der Waals surface area (Å²) in [7, 11) is 0. The van der Waals surface area contributed by atoms with E-state index >= 15 is 0 Å². The quantitative estimate of drug-likeness (QED) is 0.0361. The van der Waals surface area contributed by atoms with Crippen molar-refractivity contribution in [2.24, 2.45) is 0 Å². The van der Waals surface area contributed by atoms with Crippen molar-refractivity contribution in [1.29, 1.82) is 0 Å². The Morgan fingerprint density at radius 3 is 0.773 bits per heavy atom. The minimum atomic E-state index is -0.927. The number of aliphatic hydroxyl groups excluding tert-OH is 3. The van der Waals surface area contributed by atoms with Crippen molar-refractivity contribution in [1.82, 2.24) is 5.32 Å². The number of aliphatic hydroxyl groups is 3. The molecule has 0 heterocycles. The van der Waals surface area contributed by atoms with Crippen molar-refractivity contribution in [3.63, 3.8) is 0 Å². The third-order valence-corrected chi connectivity index (χ3v) is 16.8. The van der Waals surface area contributed by atoms with Crippen LogP contribution >= 0.6 is 0 Å². The first-order valence-corrected chi connectivity index (χ1v) is 35.0. The van der Waals surface area contributed by atoms with Gasteiger partial charge in [0, 0.05) is 0 Å². The van der Waals surface area contributed by atoms with Gasteiger partial charge >= 0.3 is 0 Å². The highest BCUT2D eigenvalue weighted by atomic mass is 16.3. The largest absolute Gasteiger partial charge is 0.394 e. The Labute approximate surface area is 471 Å². The number of carbonyl (C=O) groups excluding carboxylic acids is 1. The van der Waals surface area contributed by atoms with Crippen LogP contribution in [0.4, 0.5) is 0 Å². The van der Waals surface area contributed by atoms with Crippen LogP contribution in [-0.2, 0) is 4.79 Å². The summed E-state index contributed by atoms with van der Waals surface area (Å²) in [5.41, 5.74) is 0. The third kappa shape index (κ3) is 62.2. The SMILES string of the molecule is CCCCCCCCCCCCCCCCCCCCCCC/C=C/C(O)C(CO)NC(=O)CC(O)CCCCCCCCCCCCCCCCCCCCCCCCCCCCCCCCCCCCCCC. The minimum Gasteiger partial charge on any atom is -0.394 e. The first kappa shape index (κ1) is 74.1. The Morgan fingerprint density at radius 2 is 0.547 bits per heavy atom. The molecule has 3 atom stereocenters. The van der Waals surface area contributed by atoms with E-state index in [9.17, 15) is 20.1 Å².